The first-order valence-corrected chi connectivity index (χ1v) is 11.9. The molecule has 0 bridgehead atoms. The Morgan fingerprint density at radius 1 is 0.833 bits per heavy atom. The van der Waals surface area contributed by atoms with Crippen LogP contribution in [0.4, 0.5) is 0 Å². The van der Waals surface area contributed by atoms with Gasteiger partial charge in [-0.2, -0.15) is 0 Å². The highest BCUT2D eigenvalue weighted by Gasteiger charge is 2.30. The van der Waals surface area contributed by atoms with Crippen LogP contribution in [-0.4, -0.2) is 70.5 Å². The molecular formula is C22H40N6O8. The van der Waals surface area contributed by atoms with Crippen LogP contribution in [0.3, 0.4) is 0 Å². The number of unbranched alkanes of at least 4 members (excludes halogenated alkanes) is 1. The maximum absolute atomic E-state index is 12.8. The minimum Gasteiger partial charge on any atom is -0.481 e. The quantitative estimate of drug-likeness (QED) is 0.0599. The van der Waals surface area contributed by atoms with Gasteiger partial charge in [0.05, 0.1) is 0 Å². The summed E-state index contributed by atoms with van der Waals surface area (Å²) in [7, 11) is 0. The molecule has 0 aliphatic carbocycles. The van der Waals surface area contributed by atoms with Crippen molar-refractivity contribution in [2.24, 2.45) is 23.3 Å². The highest BCUT2D eigenvalue weighted by Crippen LogP contribution is 2.16. The lowest BCUT2D eigenvalue weighted by Crippen LogP contribution is -2.56. The number of carboxylic acid groups (broad SMARTS) is 1. The van der Waals surface area contributed by atoms with Crippen LogP contribution in [0.5, 0.6) is 0 Å². The largest absolute Gasteiger partial charge is 0.481 e. The highest BCUT2D eigenvalue weighted by molar-refractivity contribution is 5.94. The van der Waals surface area contributed by atoms with Crippen molar-refractivity contribution in [3.8, 4) is 0 Å². The number of primary amides is 1. The molecule has 0 aromatic rings. The van der Waals surface area contributed by atoms with Gasteiger partial charge in [-0.1, -0.05) is 13.8 Å². The van der Waals surface area contributed by atoms with E-state index in [4.69, 9.17) is 21.8 Å². The fourth-order valence-electron chi connectivity index (χ4n) is 3.40. The van der Waals surface area contributed by atoms with E-state index in [0.717, 1.165) is 0 Å². The molecule has 36 heavy (non-hydrogen) atoms. The third kappa shape index (κ3) is 13.6. The van der Waals surface area contributed by atoms with Crippen LogP contribution in [0, 0.1) is 11.8 Å². The molecule has 4 atom stereocenters. The summed E-state index contributed by atoms with van der Waals surface area (Å²) >= 11 is 0. The van der Waals surface area contributed by atoms with Crippen LogP contribution in [0.25, 0.3) is 0 Å². The maximum Gasteiger partial charge on any atom is 0.303 e. The first kappa shape index (κ1) is 32.7. The molecule has 0 aliphatic rings. The second-order valence-electron chi connectivity index (χ2n) is 9.04. The van der Waals surface area contributed by atoms with Gasteiger partial charge in [0.1, 0.15) is 18.1 Å². The van der Waals surface area contributed by atoms with Gasteiger partial charge >= 0.3 is 5.97 Å². The Kier molecular flexibility index (Phi) is 15.7. The summed E-state index contributed by atoms with van der Waals surface area (Å²) in [5.41, 5.74) is 12.2. The molecule has 10 N–H and O–H groups in total. The molecule has 0 heterocycles. The topological polar surface area (TPSA) is 243 Å². The Balaban J connectivity index is 5.35. The standard InChI is InChI=1S/C22H40N6O8/c1-12(2)10-14(11-17(29)28-36)21(34)25-13(3)20(33)27-16(7-8-18(30)31)22(35)26-15(19(24)32)6-4-5-9-23/h12-16,36H,4-11,23H2,1-3H3,(H2,24,32)(H,25,34)(H,26,35)(H,27,33)(H,28,29)(H,30,31)/t13-,14+,15-,16-/m0/s1. The number of aliphatic carboxylic acids is 1. The lowest BCUT2D eigenvalue weighted by molar-refractivity contribution is -0.138. The smallest absolute Gasteiger partial charge is 0.303 e. The average Bonchev–Trinajstić information content (AvgIpc) is 2.79. The lowest BCUT2D eigenvalue weighted by Gasteiger charge is -2.24. The summed E-state index contributed by atoms with van der Waals surface area (Å²) in [5, 5.41) is 25.1. The van der Waals surface area contributed by atoms with E-state index in [1.54, 1.807) is 0 Å². The Morgan fingerprint density at radius 3 is 1.94 bits per heavy atom. The number of carbonyl (C=O) groups excluding carboxylic acids is 5. The molecule has 0 rings (SSSR count). The summed E-state index contributed by atoms with van der Waals surface area (Å²) in [4.78, 5) is 72.4. The SMILES string of the molecule is CC(C)C[C@H](CC(=O)NO)C(=O)N[C@@H](C)C(=O)N[C@@H](CCC(=O)O)C(=O)N[C@@H](CCCCN)C(N)=O. The molecule has 0 aromatic carbocycles. The van der Waals surface area contributed by atoms with E-state index in [1.807, 2.05) is 13.8 Å². The fourth-order valence-corrected chi connectivity index (χ4v) is 3.40. The van der Waals surface area contributed by atoms with Crippen LogP contribution in [0.15, 0.2) is 0 Å². The zero-order valence-electron chi connectivity index (χ0n) is 21.0. The zero-order valence-corrected chi connectivity index (χ0v) is 21.0. The molecule has 0 spiro atoms. The zero-order chi connectivity index (χ0) is 27.8. The summed E-state index contributed by atoms with van der Waals surface area (Å²) in [6.45, 7) is 5.43. The number of hydrogen-bond donors (Lipinski definition) is 8. The van der Waals surface area contributed by atoms with Crippen molar-refractivity contribution in [3.63, 3.8) is 0 Å². The second kappa shape index (κ2) is 17.2. The van der Waals surface area contributed by atoms with E-state index in [9.17, 15) is 28.8 Å². The van der Waals surface area contributed by atoms with Gasteiger partial charge in [-0.05, 0) is 51.5 Å². The molecule has 0 unspecified atom stereocenters. The third-order valence-electron chi connectivity index (χ3n) is 5.32. The average molecular weight is 517 g/mol. The Labute approximate surface area is 210 Å². The van der Waals surface area contributed by atoms with Crippen molar-refractivity contribution in [1.29, 1.82) is 0 Å². The molecule has 0 saturated heterocycles. The highest BCUT2D eigenvalue weighted by atomic mass is 16.5. The fraction of sp³-hybridized carbons (Fsp3) is 0.727. The van der Waals surface area contributed by atoms with Gasteiger partial charge in [-0.25, -0.2) is 5.48 Å². The predicted molar refractivity (Wildman–Crippen MR) is 128 cm³/mol. The maximum atomic E-state index is 12.8. The van der Waals surface area contributed by atoms with E-state index in [2.05, 4.69) is 16.0 Å². The van der Waals surface area contributed by atoms with Gasteiger partial charge < -0.3 is 32.5 Å². The Morgan fingerprint density at radius 2 is 1.44 bits per heavy atom. The number of hydroxylamine groups is 1. The van der Waals surface area contributed by atoms with Gasteiger partial charge in [-0.15, -0.1) is 0 Å². The van der Waals surface area contributed by atoms with Crippen molar-refractivity contribution in [2.75, 3.05) is 6.54 Å². The van der Waals surface area contributed by atoms with E-state index < -0.39 is 66.0 Å². The van der Waals surface area contributed by atoms with Crippen molar-refractivity contribution in [3.05, 3.63) is 0 Å². The van der Waals surface area contributed by atoms with Gasteiger partial charge in [-0.3, -0.25) is 34.0 Å². The minimum absolute atomic E-state index is 0.0449. The summed E-state index contributed by atoms with van der Waals surface area (Å²) in [5.74, 6) is -5.68. The van der Waals surface area contributed by atoms with Crippen molar-refractivity contribution in [2.45, 2.75) is 83.8 Å². The minimum atomic E-state index is -1.31. The Bertz CT molecular complexity index is 776. The normalized spacial score (nSPS) is 14.2. The first-order valence-electron chi connectivity index (χ1n) is 11.9. The van der Waals surface area contributed by atoms with E-state index in [-0.39, 0.29) is 25.2 Å². The van der Waals surface area contributed by atoms with Crippen LogP contribution < -0.4 is 32.9 Å². The lowest BCUT2D eigenvalue weighted by atomic mass is 9.93. The van der Waals surface area contributed by atoms with Crippen LogP contribution in [0.2, 0.25) is 0 Å². The van der Waals surface area contributed by atoms with Gasteiger partial charge in [0.2, 0.25) is 29.5 Å². The Hall–Kier alpha value is -3.26. The molecule has 14 nitrogen and oxygen atoms in total. The molecule has 0 fully saturated rings. The number of nitrogens with one attached hydrogen (secondary N) is 4. The summed E-state index contributed by atoms with van der Waals surface area (Å²) in [6.07, 6.45) is 0.657. The number of carbonyl (C=O) groups is 6. The van der Waals surface area contributed by atoms with E-state index in [0.29, 0.717) is 25.8 Å². The second-order valence-corrected chi connectivity index (χ2v) is 9.04. The van der Waals surface area contributed by atoms with Crippen LogP contribution >= 0.6 is 0 Å². The number of hydrogen-bond acceptors (Lipinski definition) is 8. The number of rotatable bonds is 18. The molecule has 0 radical (unpaired) electrons. The van der Waals surface area contributed by atoms with Crippen LogP contribution in [0.1, 0.15) is 65.7 Å². The summed E-state index contributed by atoms with van der Waals surface area (Å²) in [6, 6.07) is -3.48. The molecule has 5 amide bonds. The first-order chi connectivity index (χ1) is 16.8. The summed E-state index contributed by atoms with van der Waals surface area (Å²) < 4.78 is 0. The monoisotopic (exact) mass is 516 g/mol. The molecule has 14 heteroatoms. The van der Waals surface area contributed by atoms with E-state index >= 15 is 0 Å². The molecule has 0 aromatic heterocycles. The van der Waals surface area contributed by atoms with Gasteiger partial charge in [0.15, 0.2) is 0 Å². The van der Waals surface area contributed by atoms with Crippen molar-refractivity contribution < 1.29 is 39.1 Å². The molecule has 0 aliphatic heterocycles. The number of nitrogens with two attached hydrogens (primary N) is 2. The number of carboxylic acids is 1. The van der Waals surface area contributed by atoms with Gasteiger partial charge in [0.25, 0.3) is 0 Å². The van der Waals surface area contributed by atoms with Gasteiger partial charge in [0, 0.05) is 18.8 Å². The van der Waals surface area contributed by atoms with Crippen molar-refractivity contribution in [1.82, 2.24) is 21.4 Å². The molecule has 0 saturated carbocycles. The van der Waals surface area contributed by atoms with Crippen LogP contribution in [-0.2, 0) is 28.8 Å². The molecule has 206 valence electrons. The van der Waals surface area contributed by atoms with E-state index in [1.165, 1.54) is 12.4 Å². The third-order valence-corrected chi connectivity index (χ3v) is 5.32. The van der Waals surface area contributed by atoms with Crippen molar-refractivity contribution >= 4 is 35.5 Å². The molecular weight excluding hydrogens is 476 g/mol. The predicted octanol–water partition coefficient (Wildman–Crippen LogP) is -1.50. The number of amides is 5.